The highest BCUT2D eigenvalue weighted by atomic mass is 35.5. The van der Waals surface area contributed by atoms with Crippen molar-refractivity contribution in [3.8, 4) is 6.07 Å². The van der Waals surface area contributed by atoms with E-state index >= 15 is 0 Å². The van der Waals surface area contributed by atoms with Crippen molar-refractivity contribution in [1.29, 1.82) is 5.26 Å². The number of amides is 1. The molecule has 0 bridgehead atoms. The summed E-state index contributed by atoms with van der Waals surface area (Å²) in [6.07, 6.45) is 1.53. The summed E-state index contributed by atoms with van der Waals surface area (Å²) in [5, 5.41) is 12.7. The largest absolute Gasteiger partial charge is 0.378 e. The number of nitrogens with zero attached hydrogens (tertiary/aromatic N) is 2. The molecule has 0 saturated carbocycles. The van der Waals surface area contributed by atoms with Crippen LogP contribution in [0.15, 0.2) is 48.0 Å². The van der Waals surface area contributed by atoms with E-state index in [2.05, 4.69) is 5.32 Å². The van der Waals surface area contributed by atoms with Crippen LogP contribution in [-0.4, -0.2) is 20.0 Å². The van der Waals surface area contributed by atoms with Gasteiger partial charge in [-0.2, -0.15) is 5.26 Å². The lowest BCUT2D eigenvalue weighted by molar-refractivity contribution is -0.112. The molecule has 0 fully saturated rings. The van der Waals surface area contributed by atoms with Crippen LogP contribution in [0.2, 0.25) is 10.0 Å². The van der Waals surface area contributed by atoms with Crippen molar-refractivity contribution >= 4 is 46.6 Å². The smallest absolute Gasteiger partial charge is 0.266 e. The maximum Gasteiger partial charge on any atom is 0.266 e. The predicted octanol–water partition coefficient (Wildman–Crippen LogP) is 4.61. The summed E-state index contributed by atoms with van der Waals surface area (Å²) in [4.78, 5) is 14.2. The van der Waals surface area contributed by atoms with E-state index in [9.17, 15) is 10.1 Å². The molecule has 6 heteroatoms. The van der Waals surface area contributed by atoms with Crippen molar-refractivity contribution in [2.24, 2.45) is 0 Å². The number of nitrogens with one attached hydrogen (secondary N) is 1. The van der Waals surface area contributed by atoms with Gasteiger partial charge in [-0.15, -0.1) is 0 Å². The molecule has 1 N–H and O–H groups in total. The van der Waals surface area contributed by atoms with E-state index < -0.39 is 5.91 Å². The van der Waals surface area contributed by atoms with Crippen LogP contribution in [0.4, 0.5) is 11.4 Å². The van der Waals surface area contributed by atoms with E-state index in [4.69, 9.17) is 23.2 Å². The Morgan fingerprint density at radius 1 is 1.12 bits per heavy atom. The minimum Gasteiger partial charge on any atom is -0.378 e. The molecule has 0 aromatic heterocycles. The maximum absolute atomic E-state index is 12.2. The molecule has 122 valence electrons. The summed E-state index contributed by atoms with van der Waals surface area (Å²) in [6, 6.07) is 14.1. The Bertz CT molecular complexity index is 801. The second-order valence-corrected chi connectivity index (χ2v) is 6.14. The Morgan fingerprint density at radius 3 is 2.21 bits per heavy atom. The number of halogens is 2. The molecule has 0 radical (unpaired) electrons. The Balaban J connectivity index is 2.20. The van der Waals surface area contributed by atoms with Gasteiger partial charge in [0.15, 0.2) is 0 Å². The van der Waals surface area contributed by atoms with Crippen LogP contribution in [0.1, 0.15) is 5.56 Å². The predicted molar refractivity (Wildman–Crippen MR) is 99.5 cm³/mol. The van der Waals surface area contributed by atoms with Crippen LogP contribution in [0.3, 0.4) is 0 Å². The highest BCUT2D eigenvalue weighted by Crippen LogP contribution is 2.23. The molecule has 0 aliphatic heterocycles. The standard InChI is InChI=1S/C18H15Cl2N3O/c1-23(2)17-5-3-12(4-6-17)7-13(11-21)18(24)22-16-9-14(19)8-15(20)10-16/h3-10H,1-2H3,(H,22,24)/b13-7+. The summed E-state index contributed by atoms with van der Waals surface area (Å²) < 4.78 is 0. The number of carbonyl (C=O) groups is 1. The Kier molecular flexibility index (Phi) is 5.86. The van der Waals surface area contributed by atoms with Gasteiger partial charge in [0.05, 0.1) is 0 Å². The number of rotatable bonds is 4. The molecule has 0 saturated heterocycles. The van der Waals surface area contributed by atoms with Crippen molar-refractivity contribution in [3.05, 3.63) is 63.6 Å². The van der Waals surface area contributed by atoms with E-state index in [1.807, 2.05) is 49.3 Å². The third-order valence-corrected chi connectivity index (χ3v) is 3.64. The maximum atomic E-state index is 12.2. The van der Waals surface area contributed by atoms with Gasteiger partial charge in [-0.25, -0.2) is 0 Å². The van der Waals surface area contributed by atoms with Gasteiger partial charge in [-0.1, -0.05) is 35.3 Å². The van der Waals surface area contributed by atoms with Gasteiger partial charge in [0, 0.05) is 35.5 Å². The molecular weight excluding hydrogens is 345 g/mol. The highest BCUT2D eigenvalue weighted by Gasteiger charge is 2.10. The van der Waals surface area contributed by atoms with Crippen LogP contribution in [0, 0.1) is 11.3 Å². The average Bonchev–Trinajstić information content (AvgIpc) is 2.51. The zero-order chi connectivity index (χ0) is 17.7. The molecule has 0 spiro atoms. The first kappa shape index (κ1) is 17.9. The van der Waals surface area contributed by atoms with Gasteiger partial charge in [0.1, 0.15) is 11.6 Å². The van der Waals surface area contributed by atoms with Gasteiger partial charge >= 0.3 is 0 Å². The van der Waals surface area contributed by atoms with Crippen molar-refractivity contribution in [2.45, 2.75) is 0 Å². The number of carbonyl (C=O) groups excluding carboxylic acids is 1. The number of hydrogen-bond donors (Lipinski definition) is 1. The van der Waals surface area contributed by atoms with Gasteiger partial charge in [-0.05, 0) is 42.0 Å². The molecule has 0 atom stereocenters. The summed E-state index contributed by atoms with van der Waals surface area (Å²) in [5.41, 5.74) is 2.21. The molecule has 1 amide bonds. The third kappa shape index (κ3) is 4.76. The highest BCUT2D eigenvalue weighted by molar-refractivity contribution is 6.35. The average molecular weight is 360 g/mol. The molecule has 0 aliphatic rings. The molecule has 4 nitrogen and oxygen atoms in total. The van der Waals surface area contributed by atoms with Gasteiger partial charge < -0.3 is 10.2 Å². The molecule has 24 heavy (non-hydrogen) atoms. The zero-order valence-electron chi connectivity index (χ0n) is 13.2. The Labute approximate surface area is 150 Å². The fraction of sp³-hybridized carbons (Fsp3) is 0.111. The first-order valence-corrected chi connectivity index (χ1v) is 7.81. The molecule has 0 unspecified atom stereocenters. The Hall–Kier alpha value is -2.48. The molecule has 0 aliphatic carbocycles. The minimum atomic E-state index is -0.521. The molecule has 2 aromatic carbocycles. The molecule has 0 heterocycles. The summed E-state index contributed by atoms with van der Waals surface area (Å²) in [6.45, 7) is 0. The molecular formula is C18H15Cl2N3O. The second kappa shape index (κ2) is 7.87. The van der Waals surface area contributed by atoms with Crippen molar-refractivity contribution in [2.75, 3.05) is 24.3 Å². The van der Waals surface area contributed by atoms with E-state index in [0.29, 0.717) is 15.7 Å². The van der Waals surface area contributed by atoms with Crippen molar-refractivity contribution < 1.29 is 4.79 Å². The van der Waals surface area contributed by atoms with E-state index in [-0.39, 0.29) is 5.57 Å². The topological polar surface area (TPSA) is 56.1 Å². The fourth-order valence-corrected chi connectivity index (χ4v) is 2.53. The summed E-state index contributed by atoms with van der Waals surface area (Å²) in [5.74, 6) is -0.521. The quantitative estimate of drug-likeness (QED) is 0.640. The lowest BCUT2D eigenvalue weighted by atomic mass is 10.1. The van der Waals surface area contributed by atoms with Crippen LogP contribution in [-0.2, 0) is 4.79 Å². The summed E-state index contributed by atoms with van der Waals surface area (Å²) >= 11 is 11.8. The first-order chi connectivity index (χ1) is 11.4. The lowest BCUT2D eigenvalue weighted by Gasteiger charge is -2.12. The van der Waals surface area contributed by atoms with Gasteiger partial charge in [-0.3, -0.25) is 4.79 Å². The van der Waals surface area contributed by atoms with Crippen molar-refractivity contribution in [1.82, 2.24) is 0 Å². The Morgan fingerprint density at radius 2 is 1.71 bits per heavy atom. The van der Waals surface area contributed by atoms with Crippen LogP contribution in [0.5, 0.6) is 0 Å². The second-order valence-electron chi connectivity index (χ2n) is 5.27. The van der Waals surface area contributed by atoms with E-state index in [1.165, 1.54) is 6.08 Å². The number of anilines is 2. The van der Waals surface area contributed by atoms with E-state index in [1.54, 1.807) is 18.2 Å². The molecule has 2 aromatic rings. The van der Waals surface area contributed by atoms with Crippen LogP contribution >= 0.6 is 23.2 Å². The first-order valence-electron chi connectivity index (χ1n) is 7.05. The van der Waals surface area contributed by atoms with Crippen LogP contribution in [0.25, 0.3) is 6.08 Å². The SMILES string of the molecule is CN(C)c1ccc(/C=C(\C#N)C(=O)Nc2cc(Cl)cc(Cl)c2)cc1. The number of nitriles is 1. The third-order valence-electron chi connectivity index (χ3n) is 3.21. The summed E-state index contributed by atoms with van der Waals surface area (Å²) in [7, 11) is 3.88. The van der Waals surface area contributed by atoms with E-state index in [0.717, 1.165) is 11.3 Å². The normalized spacial score (nSPS) is 10.9. The fourth-order valence-electron chi connectivity index (χ4n) is 2.01. The van der Waals surface area contributed by atoms with Crippen LogP contribution < -0.4 is 10.2 Å². The number of benzene rings is 2. The monoisotopic (exact) mass is 359 g/mol. The molecule has 2 rings (SSSR count). The minimum absolute atomic E-state index is 0.0105. The lowest BCUT2D eigenvalue weighted by Crippen LogP contribution is -2.13. The number of hydrogen-bond acceptors (Lipinski definition) is 3. The van der Waals surface area contributed by atoms with Gasteiger partial charge in [0.2, 0.25) is 0 Å². The van der Waals surface area contributed by atoms with Crippen molar-refractivity contribution in [3.63, 3.8) is 0 Å². The van der Waals surface area contributed by atoms with Gasteiger partial charge in [0.25, 0.3) is 5.91 Å². The zero-order valence-corrected chi connectivity index (χ0v) is 14.7.